The monoisotopic (exact) mass is 276 g/mol. The van der Waals surface area contributed by atoms with Crippen molar-refractivity contribution in [1.82, 2.24) is 0 Å². The molecule has 19 heavy (non-hydrogen) atoms. The molecule has 2 rings (SSSR count). The average Bonchev–Trinajstić information content (AvgIpc) is 2.83. The van der Waals surface area contributed by atoms with Crippen molar-refractivity contribution in [3.8, 4) is 5.75 Å². The third kappa shape index (κ3) is 3.33. The van der Waals surface area contributed by atoms with Gasteiger partial charge in [-0.05, 0) is 43.3 Å². The summed E-state index contributed by atoms with van der Waals surface area (Å²) in [5.74, 6) is 0.224. The van der Waals surface area contributed by atoms with Crippen molar-refractivity contribution in [3.05, 3.63) is 51.7 Å². The minimum absolute atomic E-state index is 0.168. The first-order chi connectivity index (χ1) is 9.10. The predicted molar refractivity (Wildman–Crippen MR) is 76.4 cm³/mol. The third-order valence-electron chi connectivity index (χ3n) is 2.71. The van der Waals surface area contributed by atoms with Crippen LogP contribution in [0.25, 0.3) is 0 Å². The second kappa shape index (κ2) is 5.86. The highest BCUT2D eigenvalue weighted by Crippen LogP contribution is 2.27. The van der Waals surface area contributed by atoms with Gasteiger partial charge in [0.15, 0.2) is 0 Å². The van der Waals surface area contributed by atoms with Crippen LogP contribution in [0, 0.1) is 6.92 Å². The van der Waals surface area contributed by atoms with E-state index in [1.165, 1.54) is 4.88 Å². The van der Waals surface area contributed by atoms with E-state index in [2.05, 4.69) is 0 Å². The van der Waals surface area contributed by atoms with Crippen molar-refractivity contribution in [2.75, 3.05) is 6.54 Å². The van der Waals surface area contributed by atoms with Gasteiger partial charge in [-0.25, -0.2) is 0 Å². The van der Waals surface area contributed by atoms with Crippen LogP contribution in [-0.4, -0.2) is 12.5 Å². The molecule has 100 valence electrons. The molecule has 1 atom stereocenters. The normalized spacial score (nSPS) is 12.1. The number of primary amides is 1. The van der Waals surface area contributed by atoms with Crippen LogP contribution >= 0.6 is 11.3 Å². The fourth-order valence-electron chi connectivity index (χ4n) is 1.71. The van der Waals surface area contributed by atoms with Crippen LogP contribution in [0.15, 0.2) is 36.4 Å². The Bertz CT molecular complexity index is 563. The zero-order chi connectivity index (χ0) is 13.8. The van der Waals surface area contributed by atoms with E-state index in [-0.39, 0.29) is 6.10 Å². The maximum atomic E-state index is 11.0. The van der Waals surface area contributed by atoms with E-state index in [1.807, 2.05) is 19.1 Å². The molecule has 0 aliphatic heterocycles. The number of rotatable bonds is 5. The number of ether oxygens (including phenoxy) is 1. The highest BCUT2D eigenvalue weighted by Gasteiger charge is 2.13. The second-order valence-electron chi connectivity index (χ2n) is 4.18. The molecule has 0 bridgehead atoms. The summed E-state index contributed by atoms with van der Waals surface area (Å²) in [7, 11) is 0. The Morgan fingerprint density at radius 2 is 1.95 bits per heavy atom. The Morgan fingerprint density at radius 3 is 2.42 bits per heavy atom. The van der Waals surface area contributed by atoms with Gasteiger partial charge in [-0.3, -0.25) is 4.79 Å². The van der Waals surface area contributed by atoms with Gasteiger partial charge in [0.1, 0.15) is 11.9 Å². The molecule has 1 aromatic carbocycles. The van der Waals surface area contributed by atoms with E-state index in [9.17, 15) is 4.79 Å². The molecule has 5 heteroatoms. The summed E-state index contributed by atoms with van der Waals surface area (Å²) in [5.41, 5.74) is 11.4. The van der Waals surface area contributed by atoms with Gasteiger partial charge in [-0.15, -0.1) is 11.3 Å². The summed E-state index contributed by atoms with van der Waals surface area (Å²) < 4.78 is 5.83. The first-order valence-electron chi connectivity index (χ1n) is 5.93. The number of benzene rings is 1. The zero-order valence-corrected chi connectivity index (χ0v) is 11.4. The quantitative estimate of drug-likeness (QED) is 0.879. The zero-order valence-electron chi connectivity index (χ0n) is 10.6. The lowest BCUT2D eigenvalue weighted by Gasteiger charge is -2.16. The SMILES string of the molecule is Cc1ccc(C(CN)Oc2ccc(C(N)=O)cc2)s1. The predicted octanol–water partition coefficient (Wildman–Crippen LogP) is 2.23. The largest absolute Gasteiger partial charge is 0.484 e. The maximum absolute atomic E-state index is 11.0. The number of amides is 1. The molecule has 2 aromatic rings. The van der Waals surface area contributed by atoms with Crippen molar-refractivity contribution < 1.29 is 9.53 Å². The van der Waals surface area contributed by atoms with Crippen molar-refractivity contribution >= 4 is 17.2 Å². The molecule has 0 radical (unpaired) electrons. The molecule has 1 heterocycles. The lowest BCUT2D eigenvalue weighted by molar-refractivity contribution is 0.1000. The summed E-state index contributed by atoms with van der Waals surface area (Å²) in [6, 6.07) is 10.8. The van der Waals surface area contributed by atoms with Gasteiger partial charge < -0.3 is 16.2 Å². The Labute approximate surface area is 116 Å². The highest BCUT2D eigenvalue weighted by atomic mass is 32.1. The van der Waals surface area contributed by atoms with Crippen LogP contribution in [0.5, 0.6) is 5.75 Å². The molecular formula is C14H16N2O2S. The lowest BCUT2D eigenvalue weighted by Crippen LogP contribution is -2.17. The molecule has 4 nitrogen and oxygen atoms in total. The molecule has 4 N–H and O–H groups in total. The minimum Gasteiger partial charge on any atom is -0.484 e. The van der Waals surface area contributed by atoms with E-state index >= 15 is 0 Å². The van der Waals surface area contributed by atoms with Crippen LogP contribution in [-0.2, 0) is 0 Å². The summed E-state index contributed by atoms with van der Waals surface area (Å²) in [6.07, 6.45) is -0.168. The van der Waals surface area contributed by atoms with E-state index in [4.69, 9.17) is 16.2 Å². The van der Waals surface area contributed by atoms with E-state index in [0.29, 0.717) is 17.9 Å². The van der Waals surface area contributed by atoms with Gasteiger partial charge in [-0.2, -0.15) is 0 Å². The molecule has 1 amide bonds. The number of hydrogen-bond donors (Lipinski definition) is 2. The van der Waals surface area contributed by atoms with Gasteiger partial charge in [0.05, 0.1) is 0 Å². The van der Waals surface area contributed by atoms with Crippen molar-refractivity contribution in [2.45, 2.75) is 13.0 Å². The van der Waals surface area contributed by atoms with Gasteiger partial charge in [0.25, 0.3) is 0 Å². The number of hydrogen-bond acceptors (Lipinski definition) is 4. The topological polar surface area (TPSA) is 78.3 Å². The smallest absolute Gasteiger partial charge is 0.248 e. The first-order valence-corrected chi connectivity index (χ1v) is 6.74. The van der Waals surface area contributed by atoms with Gasteiger partial charge in [0.2, 0.25) is 5.91 Å². The Hall–Kier alpha value is -1.85. The first kappa shape index (κ1) is 13.6. The number of carbonyl (C=O) groups excluding carboxylic acids is 1. The fourth-order valence-corrected chi connectivity index (χ4v) is 2.63. The highest BCUT2D eigenvalue weighted by molar-refractivity contribution is 7.12. The van der Waals surface area contributed by atoms with E-state index in [0.717, 1.165) is 4.88 Å². The second-order valence-corrected chi connectivity index (χ2v) is 5.50. The van der Waals surface area contributed by atoms with E-state index in [1.54, 1.807) is 35.6 Å². The standard InChI is InChI=1S/C14H16N2O2S/c1-9-2-7-13(19-9)12(8-15)18-11-5-3-10(4-6-11)14(16)17/h2-7,12H,8,15H2,1H3,(H2,16,17). The van der Waals surface area contributed by atoms with Crippen molar-refractivity contribution in [1.29, 1.82) is 0 Å². The molecular weight excluding hydrogens is 260 g/mol. The number of nitrogens with two attached hydrogens (primary N) is 2. The van der Waals surface area contributed by atoms with Gasteiger partial charge in [-0.1, -0.05) is 0 Å². The molecule has 1 aromatic heterocycles. The molecule has 0 fully saturated rings. The van der Waals surface area contributed by atoms with Crippen LogP contribution in [0.2, 0.25) is 0 Å². The Balaban J connectivity index is 2.12. The van der Waals surface area contributed by atoms with Gasteiger partial charge >= 0.3 is 0 Å². The van der Waals surface area contributed by atoms with Crippen LogP contribution in [0.4, 0.5) is 0 Å². The molecule has 1 unspecified atom stereocenters. The molecule has 0 aliphatic rings. The minimum atomic E-state index is -0.448. The Morgan fingerprint density at radius 1 is 1.26 bits per heavy atom. The van der Waals surface area contributed by atoms with Crippen molar-refractivity contribution in [3.63, 3.8) is 0 Å². The number of aryl methyl sites for hydroxylation is 1. The Kier molecular flexibility index (Phi) is 4.19. The summed E-state index contributed by atoms with van der Waals surface area (Å²) >= 11 is 1.67. The van der Waals surface area contributed by atoms with E-state index < -0.39 is 5.91 Å². The maximum Gasteiger partial charge on any atom is 0.248 e. The molecule has 0 spiro atoms. The van der Waals surface area contributed by atoms with Crippen LogP contribution < -0.4 is 16.2 Å². The van der Waals surface area contributed by atoms with Crippen molar-refractivity contribution in [2.24, 2.45) is 11.5 Å². The molecule has 0 saturated carbocycles. The lowest BCUT2D eigenvalue weighted by atomic mass is 10.2. The number of carbonyl (C=O) groups is 1. The van der Waals surface area contributed by atoms with Crippen LogP contribution in [0.1, 0.15) is 26.2 Å². The fraction of sp³-hybridized carbons (Fsp3) is 0.214. The van der Waals surface area contributed by atoms with Crippen LogP contribution in [0.3, 0.4) is 0 Å². The average molecular weight is 276 g/mol. The number of thiophene rings is 1. The molecule has 0 aliphatic carbocycles. The summed E-state index contributed by atoms with van der Waals surface area (Å²) in [5, 5.41) is 0. The summed E-state index contributed by atoms with van der Waals surface area (Å²) in [4.78, 5) is 13.3. The third-order valence-corrected chi connectivity index (χ3v) is 3.80. The summed E-state index contributed by atoms with van der Waals surface area (Å²) in [6.45, 7) is 2.45. The van der Waals surface area contributed by atoms with Gasteiger partial charge in [0, 0.05) is 21.9 Å². The molecule has 0 saturated heterocycles.